The van der Waals surface area contributed by atoms with Gasteiger partial charge in [0.2, 0.25) is 0 Å². The van der Waals surface area contributed by atoms with Gasteiger partial charge in [-0.15, -0.1) is 13.2 Å². The first kappa shape index (κ1) is 19.3. The number of nitrogens with zero attached hydrogens (tertiary/aromatic N) is 4. The summed E-state index contributed by atoms with van der Waals surface area (Å²) in [6, 6.07) is -0.258. The molecule has 8 nitrogen and oxygen atoms in total. The van der Waals surface area contributed by atoms with E-state index >= 15 is 0 Å². The van der Waals surface area contributed by atoms with Crippen LogP contribution in [0.15, 0.2) is 25.3 Å². The quantitative estimate of drug-likeness (QED) is 0.654. The van der Waals surface area contributed by atoms with Crippen LogP contribution in [-0.4, -0.2) is 82.8 Å². The van der Waals surface area contributed by atoms with Gasteiger partial charge in [-0.1, -0.05) is 12.2 Å². The number of carbonyl (C=O) groups excluding carboxylic acids is 2. The first-order chi connectivity index (χ1) is 13.6. The molecule has 0 aromatic heterocycles. The Morgan fingerprint density at radius 2 is 1.00 bits per heavy atom. The fourth-order valence-electron chi connectivity index (χ4n) is 5.08. The van der Waals surface area contributed by atoms with Gasteiger partial charge in [-0.3, -0.25) is 19.6 Å². The van der Waals surface area contributed by atoms with E-state index in [-0.39, 0.29) is 25.3 Å². The molecule has 8 heteroatoms. The molecule has 0 atom stereocenters. The summed E-state index contributed by atoms with van der Waals surface area (Å²) < 4.78 is 12.8. The first-order valence-electron chi connectivity index (χ1n) is 10.3. The Labute approximate surface area is 166 Å². The predicted octanol–water partition coefficient (Wildman–Crippen LogP) is 2.54. The number of amides is 4. The predicted molar refractivity (Wildman–Crippen MR) is 103 cm³/mol. The minimum atomic E-state index is -1.31. The summed E-state index contributed by atoms with van der Waals surface area (Å²) in [5.74, 6) is -2.62. The van der Waals surface area contributed by atoms with Crippen molar-refractivity contribution in [3.8, 4) is 0 Å². The average Bonchev–Trinajstić information content (AvgIpc) is 3.03. The van der Waals surface area contributed by atoms with E-state index in [0.717, 1.165) is 38.5 Å². The van der Waals surface area contributed by atoms with Crippen molar-refractivity contribution in [3.05, 3.63) is 25.3 Å². The summed E-state index contributed by atoms with van der Waals surface area (Å²) >= 11 is 0. The zero-order chi connectivity index (χ0) is 19.8. The van der Waals surface area contributed by atoms with Crippen molar-refractivity contribution in [2.75, 3.05) is 39.4 Å². The third-order valence-corrected chi connectivity index (χ3v) is 6.14. The molecule has 4 aliphatic heterocycles. The van der Waals surface area contributed by atoms with Gasteiger partial charge in [0.25, 0.3) is 0 Å². The van der Waals surface area contributed by atoms with Crippen LogP contribution in [0.1, 0.15) is 38.5 Å². The van der Waals surface area contributed by atoms with Crippen LogP contribution in [0.5, 0.6) is 0 Å². The molecular formula is C20H30N4O4. The Bertz CT molecular complexity index is 579. The van der Waals surface area contributed by atoms with Crippen LogP contribution >= 0.6 is 0 Å². The lowest BCUT2D eigenvalue weighted by molar-refractivity contribution is -0.326. The fourth-order valence-corrected chi connectivity index (χ4v) is 5.08. The van der Waals surface area contributed by atoms with Crippen LogP contribution in [0.25, 0.3) is 0 Å². The lowest BCUT2D eigenvalue weighted by Gasteiger charge is -2.47. The van der Waals surface area contributed by atoms with Crippen molar-refractivity contribution >= 4 is 12.1 Å². The van der Waals surface area contributed by atoms with E-state index in [0.29, 0.717) is 26.2 Å². The molecule has 0 aromatic carbocycles. The van der Waals surface area contributed by atoms with Crippen molar-refractivity contribution in [1.82, 2.24) is 19.6 Å². The highest BCUT2D eigenvalue weighted by Crippen LogP contribution is 2.54. The molecule has 0 spiro atoms. The number of ether oxygens (including phenoxy) is 2. The highest BCUT2D eigenvalue weighted by Gasteiger charge is 2.81. The van der Waals surface area contributed by atoms with E-state index in [1.165, 1.54) is 0 Å². The van der Waals surface area contributed by atoms with Crippen molar-refractivity contribution in [2.45, 2.75) is 50.2 Å². The number of hydrogen-bond donors (Lipinski definition) is 0. The van der Waals surface area contributed by atoms with Gasteiger partial charge in [-0.2, -0.15) is 0 Å². The van der Waals surface area contributed by atoms with E-state index in [9.17, 15) is 9.59 Å². The Hall–Kier alpha value is -2.06. The van der Waals surface area contributed by atoms with E-state index in [2.05, 4.69) is 13.2 Å². The van der Waals surface area contributed by atoms with E-state index in [1.54, 1.807) is 31.8 Å². The molecule has 4 amide bonds. The zero-order valence-corrected chi connectivity index (χ0v) is 16.5. The molecule has 4 rings (SSSR count). The van der Waals surface area contributed by atoms with E-state index in [4.69, 9.17) is 9.47 Å². The van der Waals surface area contributed by atoms with Gasteiger partial charge in [0.15, 0.2) is 0 Å². The second-order valence-electron chi connectivity index (χ2n) is 7.71. The van der Waals surface area contributed by atoms with Gasteiger partial charge in [-0.05, 0) is 38.5 Å². The van der Waals surface area contributed by atoms with Crippen LogP contribution in [0.3, 0.4) is 0 Å². The molecule has 28 heavy (non-hydrogen) atoms. The third-order valence-electron chi connectivity index (χ3n) is 6.14. The molecule has 0 radical (unpaired) electrons. The molecule has 154 valence electrons. The summed E-state index contributed by atoms with van der Waals surface area (Å²) in [5, 5.41) is 0. The summed E-state index contributed by atoms with van der Waals surface area (Å²) in [6.07, 6.45) is 8.84. The number of urea groups is 2. The molecule has 0 N–H and O–H groups in total. The lowest BCUT2D eigenvalue weighted by Crippen LogP contribution is -2.70. The number of hydrogen-bond acceptors (Lipinski definition) is 4. The van der Waals surface area contributed by atoms with Gasteiger partial charge >= 0.3 is 23.8 Å². The molecule has 4 aliphatic rings. The minimum absolute atomic E-state index is 0.129. The molecule has 0 unspecified atom stereocenters. The maximum atomic E-state index is 13.5. The second-order valence-corrected chi connectivity index (χ2v) is 7.71. The normalized spacial score (nSPS) is 32.6. The molecule has 4 bridgehead atoms. The van der Waals surface area contributed by atoms with E-state index in [1.807, 2.05) is 0 Å². The van der Waals surface area contributed by atoms with Crippen LogP contribution in [0, 0.1) is 0 Å². The van der Waals surface area contributed by atoms with Crippen molar-refractivity contribution < 1.29 is 19.1 Å². The number of carbonyl (C=O) groups is 2. The molecule has 4 saturated heterocycles. The van der Waals surface area contributed by atoms with Crippen LogP contribution < -0.4 is 0 Å². The molecule has 0 aliphatic carbocycles. The molecular weight excluding hydrogens is 360 g/mol. The smallest absolute Gasteiger partial charge is 0.327 e. The van der Waals surface area contributed by atoms with Gasteiger partial charge in [0.1, 0.15) is 0 Å². The van der Waals surface area contributed by atoms with Gasteiger partial charge in [0.05, 0.1) is 13.2 Å². The maximum Gasteiger partial charge on any atom is 0.327 e. The molecule has 0 aromatic rings. The Balaban J connectivity index is 1.95. The monoisotopic (exact) mass is 390 g/mol. The van der Waals surface area contributed by atoms with Crippen LogP contribution in [-0.2, 0) is 9.47 Å². The summed E-state index contributed by atoms with van der Waals surface area (Å²) in [4.78, 5) is 33.9. The Morgan fingerprint density at radius 1 is 0.679 bits per heavy atom. The second kappa shape index (κ2) is 7.40. The van der Waals surface area contributed by atoms with E-state index < -0.39 is 11.7 Å². The average molecular weight is 390 g/mol. The lowest BCUT2D eigenvalue weighted by atomic mass is 10.2. The Kier molecular flexibility index (Phi) is 5.09. The maximum absolute atomic E-state index is 13.5. The first-order valence-corrected chi connectivity index (χ1v) is 10.3. The summed E-state index contributed by atoms with van der Waals surface area (Å²) in [6.45, 7) is 10.1. The standard InChI is InChI=1S/C20H30N4O4/c1-3-15-27-19-20(28-16-4-2,23-13-9-5-7-11-21(19)17(23)25)24-14-10-6-8-12-22(19)18(24)26/h3-4H,1-2,5-16H2. The topological polar surface area (TPSA) is 65.6 Å². The zero-order valence-electron chi connectivity index (χ0n) is 16.5. The van der Waals surface area contributed by atoms with Gasteiger partial charge in [-0.25, -0.2) is 9.59 Å². The van der Waals surface area contributed by atoms with Crippen molar-refractivity contribution in [3.63, 3.8) is 0 Å². The Morgan fingerprint density at radius 3 is 1.29 bits per heavy atom. The summed E-state index contributed by atoms with van der Waals surface area (Å²) in [5.41, 5.74) is 0. The van der Waals surface area contributed by atoms with Gasteiger partial charge in [0, 0.05) is 26.2 Å². The minimum Gasteiger partial charge on any atom is -0.328 e. The molecule has 0 saturated carbocycles. The van der Waals surface area contributed by atoms with Crippen LogP contribution in [0.4, 0.5) is 9.59 Å². The highest BCUT2D eigenvalue weighted by atomic mass is 16.6. The number of fused-ring (bicyclic) bond motifs is 9. The molecule has 4 fully saturated rings. The van der Waals surface area contributed by atoms with Gasteiger partial charge < -0.3 is 9.47 Å². The number of rotatable bonds is 6. The third kappa shape index (κ3) is 2.37. The fraction of sp³-hybridized carbons (Fsp3) is 0.700. The molecule has 4 heterocycles. The highest BCUT2D eigenvalue weighted by molar-refractivity contribution is 5.87. The summed E-state index contributed by atoms with van der Waals surface area (Å²) in [7, 11) is 0. The largest absolute Gasteiger partial charge is 0.328 e. The van der Waals surface area contributed by atoms with Crippen molar-refractivity contribution in [2.24, 2.45) is 0 Å². The van der Waals surface area contributed by atoms with Crippen molar-refractivity contribution in [1.29, 1.82) is 0 Å². The SMILES string of the molecule is C=CCOC12N3CCCCCN(C3=O)C1(OCC=C)N1CCCCCN2C1=O. The van der Waals surface area contributed by atoms with Crippen LogP contribution in [0.2, 0.25) is 0 Å².